The van der Waals surface area contributed by atoms with E-state index in [1.54, 1.807) is 30.3 Å². The number of nitrogens with one attached hydrogen (secondary N) is 1. The van der Waals surface area contributed by atoms with E-state index in [1.807, 2.05) is 23.1 Å². The van der Waals surface area contributed by atoms with Crippen molar-refractivity contribution in [1.82, 2.24) is 4.90 Å². The van der Waals surface area contributed by atoms with E-state index in [0.29, 0.717) is 24.3 Å². The smallest absolute Gasteiger partial charge is 0.253 e. The van der Waals surface area contributed by atoms with Gasteiger partial charge >= 0.3 is 0 Å². The van der Waals surface area contributed by atoms with Crippen LogP contribution in [0.25, 0.3) is 0 Å². The molecule has 0 atom stereocenters. The van der Waals surface area contributed by atoms with Crippen LogP contribution in [0.2, 0.25) is 0 Å². The summed E-state index contributed by atoms with van der Waals surface area (Å²) in [5.74, 6) is -0.365. The van der Waals surface area contributed by atoms with E-state index in [2.05, 4.69) is 22.3 Å². The molecule has 1 fully saturated rings. The number of carbonyl (C=O) groups is 2. The van der Waals surface area contributed by atoms with Crippen LogP contribution in [0.5, 0.6) is 0 Å². The zero-order valence-electron chi connectivity index (χ0n) is 14.4. The average molecular weight is 348 g/mol. The fraction of sp³-hybridized carbons (Fsp3) is 0.250. The zero-order valence-corrected chi connectivity index (χ0v) is 14.4. The molecule has 2 aromatic rings. The Kier molecular flexibility index (Phi) is 5.49. The van der Waals surface area contributed by atoms with E-state index in [4.69, 9.17) is 5.26 Å². The van der Waals surface area contributed by atoms with Gasteiger partial charge in [-0.3, -0.25) is 9.59 Å². The lowest BCUT2D eigenvalue weighted by Crippen LogP contribution is -2.48. The number of anilines is 2. The van der Waals surface area contributed by atoms with Crippen LogP contribution in [0, 0.1) is 11.3 Å². The third kappa shape index (κ3) is 4.19. The van der Waals surface area contributed by atoms with Gasteiger partial charge in [0.05, 0.1) is 6.07 Å². The second-order valence-electron chi connectivity index (χ2n) is 6.08. The lowest BCUT2D eigenvalue weighted by molar-refractivity contribution is -0.115. The molecule has 6 nitrogen and oxygen atoms in total. The molecule has 0 aliphatic carbocycles. The van der Waals surface area contributed by atoms with Crippen LogP contribution in [-0.2, 0) is 4.79 Å². The van der Waals surface area contributed by atoms with Crippen LogP contribution in [0.1, 0.15) is 16.8 Å². The van der Waals surface area contributed by atoms with E-state index in [-0.39, 0.29) is 18.2 Å². The number of nitrogens with zero attached hydrogens (tertiary/aromatic N) is 3. The molecular weight excluding hydrogens is 328 g/mol. The van der Waals surface area contributed by atoms with Crippen LogP contribution in [0.15, 0.2) is 54.6 Å². The highest BCUT2D eigenvalue weighted by Crippen LogP contribution is 2.17. The number of hydrogen-bond donors (Lipinski definition) is 1. The van der Waals surface area contributed by atoms with E-state index in [1.165, 1.54) is 5.69 Å². The molecule has 1 heterocycles. The fourth-order valence-corrected chi connectivity index (χ4v) is 2.96. The Labute approximate surface area is 152 Å². The van der Waals surface area contributed by atoms with Gasteiger partial charge in [-0.25, -0.2) is 0 Å². The predicted molar refractivity (Wildman–Crippen MR) is 99.9 cm³/mol. The minimum atomic E-state index is -0.358. The molecule has 6 heteroatoms. The standard InChI is InChI=1S/C20H20N4O2/c21-11-10-19(25)22-17-8-6-16(7-9-17)20(26)24-14-12-23(13-15-24)18-4-2-1-3-5-18/h1-9H,10,12-15H2,(H,22,25). The number of nitriles is 1. The van der Waals surface area contributed by atoms with Gasteiger partial charge in [0.25, 0.3) is 5.91 Å². The Morgan fingerprint density at radius 3 is 2.23 bits per heavy atom. The molecule has 1 saturated heterocycles. The van der Waals surface area contributed by atoms with E-state index >= 15 is 0 Å². The summed E-state index contributed by atoms with van der Waals surface area (Å²) in [4.78, 5) is 28.2. The monoisotopic (exact) mass is 348 g/mol. The third-order valence-corrected chi connectivity index (χ3v) is 4.34. The number of rotatable bonds is 4. The summed E-state index contributed by atoms with van der Waals surface area (Å²) >= 11 is 0. The third-order valence-electron chi connectivity index (χ3n) is 4.34. The van der Waals surface area contributed by atoms with E-state index in [9.17, 15) is 9.59 Å². The number of benzene rings is 2. The van der Waals surface area contributed by atoms with Crippen LogP contribution in [-0.4, -0.2) is 42.9 Å². The molecule has 0 radical (unpaired) electrons. The molecule has 0 unspecified atom stereocenters. The number of piperazine rings is 1. The maximum atomic E-state index is 12.7. The first-order valence-corrected chi connectivity index (χ1v) is 8.53. The molecule has 26 heavy (non-hydrogen) atoms. The number of hydrogen-bond acceptors (Lipinski definition) is 4. The van der Waals surface area contributed by atoms with Crippen molar-refractivity contribution in [2.24, 2.45) is 0 Å². The van der Waals surface area contributed by atoms with Crippen LogP contribution in [0.3, 0.4) is 0 Å². The Morgan fingerprint density at radius 1 is 0.962 bits per heavy atom. The molecule has 0 aromatic heterocycles. The highest BCUT2D eigenvalue weighted by molar-refractivity contribution is 5.96. The van der Waals surface area contributed by atoms with Crippen molar-refractivity contribution in [3.63, 3.8) is 0 Å². The largest absolute Gasteiger partial charge is 0.368 e. The molecule has 0 saturated carbocycles. The van der Waals surface area contributed by atoms with Crippen molar-refractivity contribution in [3.05, 3.63) is 60.2 Å². The van der Waals surface area contributed by atoms with Crippen molar-refractivity contribution >= 4 is 23.2 Å². The van der Waals surface area contributed by atoms with Crippen molar-refractivity contribution in [2.75, 3.05) is 36.4 Å². The lowest BCUT2D eigenvalue weighted by atomic mass is 10.1. The molecule has 132 valence electrons. The first-order valence-electron chi connectivity index (χ1n) is 8.53. The minimum Gasteiger partial charge on any atom is -0.368 e. The molecule has 0 bridgehead atoms. The van der Waals surface area contributed by atoms with Crippen LogP contribution < -0.4 is 10.2 Å². The minimum absolute atomic E-state index is 0.00684. The number of amides is 2. The van der Waals surface area contributed by atoms with E-state index in [0.717, 1.165) is 13.1 Å². The van der Waals surface area contributed by atoms with Crippen LogP contribution >= 0.6 is 0 Å². The Bertz CT molecular complexity index is 804. The molecule has 2 aromatic carbocycles. The molecule has 2 amide bonds. The maximum absolute atomic E-state index is 12.7. The molecule has 0 spiro atoms. The van der Waals surface area contributed by atoms with Gasteiger partial charge in [0, 0.05) is 43.1 Å². The first kappa shape index (κ1) is 17.5. The van der Waals surface area contributed by atoms with Crippen molar-refractivity contribution < 1.29 is 9.59 Å². The molecule has 1 aliphatic heterocycles. The van der Waals surface area contributed by atoms with E-state index < -0.39 is 0 Å². The summed E-state index contributed by atoms with van der Waals surface area (Å²) in [6.07, 6.45) is -0.188. The fourth-order valence-electron chi connectivity index (χ4n) is 2.96. The molecule has 1 N–H and O–H groups in total. The predicted octanol–water partition coefficient (Wildman–Crippen LogP) is 2.50. The summed E-state index contributed by atoms with van der Waals surface area (Å²) in [5.41, 5.74) is 2.35. The number of carbonyl (C=O) groups excluding carboxylic acids is 2. The highest BCUT2D eigenvalue weighted by atomic mass is 16.2. The second kappa shape index (κ2) is 8.17. The summed E-state index contributed by atoms with van der Waals surface area (Å²) in [7, 11) is 0. The number of para-hydroxylation sites is 1. The summed E-state index contributed by atoms with van der Waals surface area (Å²) in [6, 6.07) is 18.8. The van der Waals surface area contributed by atoms with Gasteiger partial charge in [0.2, 0.25) is 5.91 Å². The zero-order chi connectivity index (χ0) is 18.4. The summed E-state index contributed by atoms with van der Waals surface area (Å²) in [5, 5.41) is 11.1. The molecule has 1 aliphatic rings. The summed E-state index contributed by atoms with van der Waals surface area (Å²) < 4.78 is 0. The van der Waals surface area contributed by atoms with Gasteiger partial charge < -0.3 is 15.1 Å². The normalized spacial score (nSPS) is 13.8. The Balaban J connectivity index is 1.57. The van der Waals surface area contributed by atoms with Gasteiger partial charge in [-0.15, -0.1) is 0 Å². The first-order chi connectivity index (χ1) is 12.7. The second-order valence-corrected chi connectivity index (χ2v) is 6.08. The average Bonchev–Trinajstić information content (AvgIpc) is 2.69. The van der Waals surface area contributed by atoms with Gasteiger partial charge in [0.1, 0.15) is 6.42 Å². The van der Waals surface area contributed by atoms with Crippen molar-refractivity contribution in [2.45, 2.75) is 6.42 Å². The van der Waals surface area contributed by atoms with Gasteiger partial charge in [-0.2, -0.15) is 5.26 Å². The van der Waals surface area contributed by atoms with Gasteiger partial charge in [0.15, 0.2) is 0 Å². The Morgan fingerprint density at radius 2 is 1.62 bits per heavy atom. The quantitative estimate of drug-likeness (QED) is 0.921. The molecule has 3 rings (SSSR count). The van der Waals surface area contributed by atoms with Gasteiger partial charge in [-0.1, -0.05) is 18.2 Å². The highest BCUT2D eigenvalue weighted by Gasteiger charge is 2.22. The maximum Gasteiger partial charge on any atom is 0.253 e. The lowest BCUT2D eigenvalue weighted by Gasteiger charge is -2.36. The summed E-state index contributed by atoms with van der Waals surface area (Å²) in [6.45, 7) is 2.96. The van der Waals surface area contributed by atoms with Crippen molar-refractivity contribution in [1.29, 1.82) is 5.26 Å². The van der Waals surface area contributed by atoms with Crippen LogP contribution in [0.4, 0.5) is 11.4 Å². The van der Waals surface area contributed by atoms with Gasteiger partial charge in [-0.05, 0) is 36.4 Å². The molecular formula is C20H20N4O2. The Hall–Kier alpha value is -3.33. The topological polar surface area (TPSA) is 76.4 Å². The SMILES string of the molecule is N#CCC(=O)Nc1ccc(C(=O)N2CCN(c3ccccc3)CC2)cc1. The van der Waals surface area contributed by atoms with Crippen molar-refractivity contribution in [3.8, 4) is 6.07 Å².